The summed E-state index contributed by atoms with van der Waals surface area (Å²) in [6.07, 6.45) is 14.9. The minimum absolute atomic E-state index is 0.392. The smallest absolute Gasteiger partial charge is 0.297 e. The van der Waals surface area contributed by atoms with Gasteiger partial charge in [0, 0.05) is 21.3 Å². The number of unbranched alkanes of at least 4 members (excludes halogenated alkanes) is 5. The van der Waals surface area contributed by atoms with Crippen molar-refractivity contribution in [1.82, 2.24) is 0 Å². The van der Waals surface area contributed by atoms with Gasteiger partial charge in [-0.1, -0.05) is 64.7 Å². The molecule has 1 saturated carbocycles. The summed E-state index contributed by atoms with van der Waals surface area (Å²) < 4.78 is 16.8. The van der Waals surface area contributed by atoms with Crippen molar-refractivity contribution in [3.8, 4) is 0 Å². The second-order valence-electron chi connectivity index (χ2n) is 6.95. The van der Waals surface area contributed by atoms with Crippen molar-refractivity contribution in [1.29, 1.82) is 0 Å². The van der Waals surface area contributed by atoms with Crippen molar-refractivity contribution < 1.29 is 14.2 Å². The number of hydrogen-bond acceptors (Lipinski definition) is 4. The van der Waals surface area contributed by atoms with Gasteiger partial charge in [0.1, 0.15) is 0 Å². The molecule has 1 aliphatic carbocycles. The third-order valence-corrected chi connectivity index (χ3v) is 6.39. The van der Waals surface area contributed by atoms with E-state index in [4.69, 9.17) is 26.8 Å². The van der Waals surface area contributed by atoms with Crippen LogP contribution in [-0.4, -0.2) is 32.0 Å². The monoisotopic (exact) mass is 346 g/mol. The van der Waals surface area contributed by atoms with Crippen molar-refractivity contribution in [2.24, 2.45) is 5.92 Å². The maximum absolute atomic E-state index is 5.73. The molecule has 0 aliphatic heterocycles. The summed E-state index contributed by atoms with van der Waals surface area (Å²) in [5.41, 5.74) is 0. The lowest BCUT2D eigenvalue weighted by Crippen LogP contribution is -2.59. The van der Waals surface area contributed by atoms with Gasteiger partial charge in [0.2, 0.25) is 0 Å². The second kappa shape index (κ2) is 11.0. The lowest BCUT2D eigenvalue weighted by molar-refractivity contribution is -0.376. The van der Waals surface area contributed by atoms with E-state index in [2.05, 4.69) is 6.92 Å². The van der Waals surface area contributed by atoms with Crippen LogP contribution < -0.4 is 0 Å². The fraction of sp³-hybridized carbons (Fsp3) is 1.00. The van der Waals surface area contributed by atoms with Crippen LogP contribution in [0.2, 0.25) is 0 Å². The molecule has 0 heterocycles. The molecule has 0 aromatic rings. The predicted octanol–water partition coefficient (Wildman–Crippen LogP) is 5.58. The Morgan fingerprint density at radius 3 is 1.87 bits per heavy atom. The average Bonchev–Trinajstić information content (AvgIpc) is 2.60. The summed E-state index contributed by atoms with van der Waals surface area (Å²) >= 11 is 5.15. The van der Waals surface area contributed by atoms with Gasteiger partial charge in [-0.2, -0.15) is 12.6 Å². The molecule has 0 amide bonds. The molecular formula is C19H38O3S. The van der Waals surface area contributed by atoms with E-state index in [0.29, 0.717) is 5.92 Å². The van der Waals surface area contributed by atoms with Gasteiger partial charge in [0.15, 0.2) is 0 Å². The van der Waals surface area contributed by atoms with E-state index in [1.165, 1.54) is 64.2 Å². The fourth-order valence-electron chi connectivity index (χ4n) is 4.14. The Labute approximate surface area is 149 Å². The molecule has 3 nitrogen and oxygen atoms in total. The molecule has 0 radical (unpaired) electrons. The highest BCUT2D eigenvalue weighted by molar-refractivity contribution is 7.82. The van der Waals surface area contributed by atoms with E-state index in [1.807, 2.05) is 0 Å². The molecule has 0 N–H and O–H groups in total. The summed E-state index contributed by atoms with van der Waals surface area (Å²) in [5, 5.41) is 0. The summed E-state index contributed by atoms with van der Waals surface area (Å²) in [5.74, 6) is -0.572. The zero-order chi connectivity index (χ0) is 17.2. The minimum Gasteiger partial charge on any atom is -0.330 e. The highest BCUT2D eigenvalue weighted by Gasteiger charge is 2.55. The standard InChI is InChI=1S/C19H38O3S/c1-5-6-7-8-9-13-16-18(23,17-14-11-10-12-15-17)19(20-2,21-3)22-4/h17,23H,5-16H2,1-4H3. The van der Waals surface area contributed by atoms with Crippen LogP contribution in [0, 0.1) is 5.92 Å². The first-order valence-corrected chi connectivity index (χ1v) is 9.92. The first-order valence-electron chi connectivity index (χ1n) is 9.48. The van der Waals surface area contributed by atoms with Crippen molar-refractivity contribution in [3.05, 3.63) is 0 Å². The van der Waals surface area contributed by atoms with Crippen LogP contribution >= 0.6 is 12.6 Å². The maximum atomic E-state index is 5.73. The van der Waals surface area contributed by atoms with Crippen LogP contribution in [0.3, 0.4) is 0 Å². The zero-order valence-electron chi connectivity index (χ0n) is 15.7. The summed E-state index contributed by atoms with van der Waals surface area (Å²) in [6, 6.07) is 0. The van der Waals surface area contributed by atoms with Gasteiger partial charge in [-0.25, -0.2) is 0 Å². The lowest BCUT2D eigenvalue weighted by atomic mass is 9.75. The predicted molar refractivity (Wildman–Crippen MR) is 100 cm³/mol. The van der Waals surface area contributed by atoms with Crippen LogP contribution in [0.5, 0.6) is 0 Å². The lowest BCUT2D eigenvalue weighted by Gasteiger charge is -2.49. The van der Waals surface area contributed by atoms with Crippen molar-refractivity contribution >= 4 is 12.6 Å². The summed E-state index contributed by atoms with van der Waals surface area (Å²) in [4.78, 5) is 0. The molecule has 1 atom stereocenters. The highest BCUT2D eigenvalue weighted by atomic mass is 32.1. The fourth-order valence-corrected chi connectivity index (χ4v) is 4.83. The average molecular weight is 347 g/mol. The van der Waals surface area contributed by atoms with Crippen molar-refractivity contribution in [3.63, 3.8) is 0 Å². The van der Waals surface area contributed by atoms with Crippen LogP contribution in [0.25, 0.3) is 0 Å². The normalized spacial score (nSPS) is 19.7. The van der Waals surface area contributed by atoms with Crippen LogP contribution in [0.4, 0.5) is 0 Å². The first kappa shape index (κ1) is 21.3. The molecular weight excluding hydrogens is 308 g/mol. The minimum atomic E-state index is -1.05. The van der Waals surface area contributed by atoms with Gasteiger partial charge in [-0.15, -0.1) is 0 Å². The maximum Gasteiger partial charge on any atom is 0.297 e. The second-order valence-corrected chi connectivity index (χ2v) is 7.74. The molecule has 1 aliphatic rings. The Kier molecular flexibility index (Phi) is 10.1. The van der Waals surface area contributed by atoms with E-state index in [-0.39, 0.29) is 0 Å². The molecule has 0 aromatic heterocycles. The third kappa shape index (κ3) is 5.35. The van der Waals surface area contributed by atoms with Gasteiger partial charge < -0.3 is 14.2 Å². The first-order chi connectivity index (χ1) is 11.1. The number of hydrogen-bond donors (Lipinski definition) is 1. The van der Waals surface area contributed by atoms with Crippen LogP contribution in [0.15, 0.2) is 0 Å². The largest absolute Gasteiger partial charge is 0.330 e. The Hall–Kier alpha value is 0.230. The summed E-state index contributed by atoms with van der Waals surface area (Å²) in [7, 11) is 5.01. The van der Waals surface area contributed by atoms with Gasteiger partial charge in [0.25, 0.3) is 5.97 Å². The quantitative estimate of drug-likeness (QED) is 0.284. The number of ether oxygens (including phenoxy) is 3. The highest BCUT2D eigenvalue weighted by Crippen LogP contribution is 2.49. The third-order valence-electron chi connectivity index (χ3n) is 5.53. The number of thiol groups is 1. The van der Waals surface area contributed by atoms with Crippen molar-refractivity contribution in [2.45, 2.75) is 94.7 Å². The molecule has 138 valence electrons. The molecule has 1 unspecified atom stereocenters. The molecule has 1 rings (SSSR count). The van der Waals surface area contributed by atoms with Gasteiger partial charge >= 0.3 is 0 Å². The Balaban J connectivity index is 2.75. The topological polar surface area (TPSA) is 27.7 Å². The molecule has 23 heavy (non-hydrogen) atoms. The van der Waals surface area contributed by atoms with E-state index in [1.54, 1.807) is 21.3 Å². The van der Waals surface area contributed by atoms with Crippen LogP contribution in [-0.2, 0) is 14.2 Å². The van der Waals surface area contributed by atoms with E-state index in [9.17, 15) is 0 Å². The molecule has 4 heteroatoms. The summed E-state index contributed by atoms with van der Waals surface area (Å²) in [6.45, 7) is 2.26. The van der Waals surface area contributed by atoms with Gasteiger partial charge in [-0.3, -0.25) is 0 Å². The Morgan fingerprint density at radius 1 is 0.826 bits per heavy atom. The van der Waals surface area contributed by atoms with E-state index in [0.717, 1.165) is 12.8 Å². The van der Waals surface area contributed by atoms with Gasteiger partial charge in [-0.05, 0) is 25.2 Å². The SMILES string of the molecule is CCCCCCCCC(S)(C1CCCCC1)C(OC)(OC)OC. The molecule has 0 saturated heterocycles. The Bertz CT molecular complexity index is 293. The number of rotatable bonds is 12. The van der Waals surface area contributed by atoms with Crippen molar-refractivity contribution in [2.75, 3.05) is 21.3 Å². The number of methoxy groups -OCH3 is 3. The van der Waals surface area contributed by atoms with E-state index >= 15 is 0 Å². The molecule has 0 aromatic carbocycles. The van der Waals surface area contributed by atoms with E-state index < -0.39 is 10.7 Å². The molecule has 0 spiro atoms. The van der Waals surface area contributed by atoms with Gasteiger partial charge in [0.05, 0.1) is 4.75 Å². The molecule has 1 fully saturated rings. The van der Waals surface area contributed by atoms with Crippen LogP contribution in [0.1, 0.15) is 84.0 Å². The zero-order valence-corrected chi connectivity index (χ0v) is 16.6. The Morgan fingerprint density at radius 2 is 1.35 bits per heavy atom. The molecule has 0 bridgehead atoms.